The summed E-state index contributed by atoms with van der Waals surface area (Å²) in [5, 5.41) is 7.18. The summed E-state index contributed by atoms with van der Waals surface area (Å²) < 4.78 is 11.8. The summed E-state index contributed by atoms with van der Waals surface area (Å²) in [5.41, 5.74) is 9.35. The van der Waals surface area contributed by atoms with Crippen LogP contribution in [0.15, 0.2) is 48.8 Å². The van der Waals surface area contributed by atoms with E-state index in [1.807, 2.05) is 24.3 Å². The van der Waals surface area contributed by atoms with Crippen molar-refractivity contribution in [2.24, 2.45) is 0 Å². The van der Waals surface area contributed by atoms with Crippen LogP contribution in [0.25, 0.3) is 33.6 Å². The molecule has 0 aliphatic carbocycles. The molecular weight excluding hydrogens is 699 g/mol. The molecule has 0 radical (unpaired) electrons. The van der Waals surface area contributed by atoms with Crippen molar-refractivity contribution < 1.29 is 19.1 Å². The van der Waals surface area contributed by atoms with Gasteiger partial charge in [0.2, 0.25) is 11.8 Å². The maximum atomic E-state index is 11.7. The van der Waals surface area contributed by atoms with E-state index in [-0.39, 0.29) is 23.9 Å². The average molecular weight is 742 g/mol. The van der Waals surface area contributed by atoms with Gasteiger partial charge >= 0.3 is 0 Å². The Morgan fingerprint density at radius 3 is 1.52 bits per heavy atom. The lowest BCUT2D eigenvalue weighted by Gasteiger charge is -2.32. The van der Waals surface area contributed by atoms with Crippen LogP contribution in [0.2, 0.25) is 10.0 Å². The maximum Gasteiger partial charge on any atom is 0.220 e. The number of carbonyl (C=O) groups is 2. The normalized spacial score (nSPS) is 20.3. The van der Waals surface area contributed by atoms with Crippen molar-refractivity contribution in [2.45, 2.75) is 63.7 Å². The van der Waals surface area contributed by atoms with Gasteiger partial charge in [0.25, 0.3) is 0 Å². The van der Waals surface area contributed by atoms with Crippen molar-refractivity contribution in [3.05, 3.63) is 81.1 Å². The molecule has 0 saturated carbocycles. The Hall–Kier alpha value is -4.22. The summed E-state index contributed by atoms with van der Waals surface area (Å²) in [6.45, 7) is 4.98. The SMILES string of the molecule is COc1cc(-c2nccc(-c3ccnc(-c4cc5c(c(OC)c4)CN(C[C@@H]4CCC(=O)N4)CC5)c3Cl)c2Cl)cc2c1CN(C[C@@H]1CCC(=O)N1)CC2. The molecule has 270 valence electrons. The number of ether oxygens (including phenoxy) is 2. The minimum Gasteiger partial charge on any atom is -0.496 e. The van der Waals surface area contributed by atoms with E-state index in [9.17, 15) is 9.59 Å². The standard InChI is InChI=1S/C40H42Cl2N6O4/c1-51-33-17-25(15-23-9-13-47(21-31(23)33)19-27-3-5-35(49)45-27)39-37(41)29(7-11-43-39)30-8-12-44-40(38(30)42)26-16-24-10-14-48(20-28-4-6-36(50)46-28)22-32(24)34(18-26)52-2/h7-8,11-12,15-18,27-28H,3-6,9-10,13-14,19-22H2,1-2H3,(H,45,49)(H,46,50)/t27-,28-/m0/s1. The fraction of sp³-hybridized carbons (Fsp3) is 0.400. The second kappa shape index (κ2) is 14.7. The summed E-state index contributed by atoms with van der Waals surface area (Å²) in [7, 11) is 3.39. The lowest BCUT2D eigenvalue weighted by atomic mass is 9.93. The fourth-order valence-corrected chi connectivity index (χ4v) is 8.93. The molecule has 2 N–H and O–H groups in total. The molecule has 2 aromatic carbocycles. The number of aromatic nitrogens is 2. The number of halogens is 2. The first-order valence-corrected chi connectivity index (χ1v) is 18.8. The molecule has 2 saturated heterocycles. The zero-order chi connectivity index (χ0) is 35.9. The summed E-state index contributed by atoms with van der Waals surface area (Å²) in [4.78, 5) is 37.7. The van der Waals surface area contributed by atoms with Crippen LogP contribution < -0.4 is 20.1 Å². The minimum atomic E-state index is 0.139. The van der Waals surface area contributed by atoms with Gasteiger partial charge in [-0.25, -0.2) is 0 Å². The number of hydrogen-bond acceptors (Lipinski definition) is 8. The Morgan fingerprint density at radius 2 is 1.13 bits per heavy atom. The Labute approximate surface area is 313 Å². The molecule has 8 rings (SSSR count). The number of benzene rings is 2. The quantitative estimate of drug-likeness (QED) is 0.213. The molecule has 0 bridgehead atoms. The van der Waals surface area contributed by atoms with Crippen LogP contribution in [-0.4, -0.2) is 84.1 Å². The van der Waals surface area contributed by atoms with Crippen LogP contribution in [0.3, 0.4) is 0 Å². The number of rotatable bonds is 9. The number of nitrogens with zero attached hydrogens (tertiary/aromatic N) is 4. The third-order valence-electron chi connectivity index (χ3n) is 10.9. The van der Waals surface area contributed by atoms with Crippen LogP contribution in [0, 0.1) is 0 Å². The molecule has 12 heteroatoms. The van der Waals surface area contributed by atoms with Gasteiger partial charge in [-0.2, -0.15) is 0 Å². The van der Waals surface area contributed by atoms with E-state index in [2.05, 4.69) is 32.6 Å². The van der Waals surface area contributed by atoms with Gasteiger partial charge in [0.1, 0.15) is 11.5 Å². The van der Waals surface area contributed by atoms with Crippen LogP contribution in [0.5, 0.6) is 11.5 Å². The summed E-state index contributed by atoms with van der Waals surface area (Å²) >= 11 is 14.4. The molecule has 0 unspecified atom stereocenters. The van der Waals surface area contributed by atoms with Gasteiger partial charge in [-0.05, 0) is 73.2 Å². The topological polar surface area (TPSA) is 109 Å². The number of carbonyl (C=O) groups excluding carboxylic acids is 2. The van der Waals surface area contributed by atoms with Crippen LogP contribution >= 0.6 is 23.2 Å². The molecule has 2 fully saturated rings. The zero-order valence-corrected chi connectivity index (χ0v) is 30.9. The van der Waals surface area contributed by atoms with Gasteiger partial charge in [0, 0.05) is 110 Å². The third kappa shape index (κ3) is 6.85. The number of pyridine rings is 2. The van der Waals surface area contributed by atoms with Crippen molar-refractivity contribution >= 4 is 35.0 Å². The minimum absolute atomic E-state index is 0.139. The first kappa shape index (κ1) is 34.8. The van der Waals surface area contributed by atoms with E-state index in [1.165, 1.54) is 11.1 Å². The molecule has 2 aromatic heterocycles. The van der Waals surface area contributed by atoms with E-state index >= 15 is 0 Å². The molecule has 4 aromatic rings. The molecule has 4 aliphatic rings. The molecule has 2 atom stereocenters. The molecular formula is C40H42Cl2N6O4. The van der Waals surface area contributed by atoms with E-state index < -0.39 is 0 Å². The monoisotopic (exact) mass is 740 g/mol. The Bertz CT molecular complexity index is 1880. The van der Waals surface area contributed by atoms with E-state index in [0.717, 1.165) is 110 Å². The molecule has 4 aliphatic heterocycles. The number of fused-ring (bicyclic) bond motifs is 2. The summed E-state index contributed by atoms with van der Waals surface area (Å²) in [6, 6.07) is 12.6. The van der Waals surface area contributed by atoms with Crippen LogP contribution in [0.4, 0.5) is 0 Å². The highest BCUT2D eigenvalue weighted by Gasteiger charge is 2.29. The first-order valence-electron chi connectivity index (χ1n) is 18.0. The van der Waals surface area contributed by atoms with Crippen LogP contribution in [-0.2, 0) is 35.5 Å². The van der Waals surface area contributed by atoms with Crippen molar-refractivity contribution in [3.8, 4) is 45.1 Å². The summed E-state index contributed by atoms with van der Waals surface area (Å²) in [6.07, 6.45) is 8.22. The second-order valence-electron chi connectivity index (χ2n) is 14.3. The molecule has 6 heterocycles. The fourth-order valence-electron chi connectivity index (χ4n) is 8.28. The van der Waals surface area contributed by atoms with Crippen molar-refractivity contribution in [1.82, 2.24) is 30.4 Å². The highest BCUT2D eigenvalue weighted by molar-refractivity contribution is 6.39. The number of methoxy groups -OCH3 is 2. The van der Waals surface area contributed by atoms with Crippen LogP contribution in [0.1, 0.15) is 47.9 Å². The van der Waals surface area contributed by atoms with Gasteiger partial charge in [-0.3, -0.25) is 29.4 Å². The Balaban J connectivity index is 1.06. The molecule has 10 nitrogen and oxygen atoms in total. The smallest absolute Gasteiger partial charge is 0.220 e. The lowest BCUT2D eigenvalue weighted by Crippen LogP contribution is -2.41. The first-order chi connectivity index (χ1) is 25.3. The number of amides is 2. The van der Waals surface area contributed by atoms with E-state index in [4.69, 9.17) is 42.6 Å². The van der Waals surface area contributed by atoms with Gasteiger partial charge in [0.15, 0.2) is 0 Å². The zero-order valence-electron chi connectivity index (χ0n) is 29.4. The van der Waals surface area contributed by atoms with E-state index in [0.29, 0.717) is 34.3 Å². The number of nitrogens with one attached hydrogen (secondary N) is 2. The molecule has 0 spiro atoms. The highest BCUT2D eigenvalue weighted by atomic mass is 35.5. The van der Waals surface area contributed by atoms with Gasteiger partial charge < -0.3 is 20.1 Å². The molecule has 52 heavy (non-hydrogen) atoms. The Morgan fingerprint density at radius 1 is 0.692 bits per heavy atom. The Kier molecular flexibility index (Phi) is 9.82. The second-order valence-corrected chi connectivity index (χ2v) is 15.0. The predicted octanol–water partition coefficient (Wildman–Crippen LogP) is 6.08. The van der Waals surface area contributed by atoms with Crippen molar-refractivity contribution in [1.29, 1.82) is 0 Å². The average Bonchev–Trinajstić information content (AvgIpc) is 3.77. The van der Waals surface area contributed by atoms with Gasteiger partial charge in [-0.1, -0.05) is 23.2 Å². The molecule has 2 amide bonds. The summed E-state index contributed by atoms with van der Waals surface area (Å²) in [5.74, 6) is 1.88. The highest BCUT2D eigenvalue weighted by Crippen LogP contribution is 2.44. The van der Waals surface area contributed by atoms with Crippen molar-refractivity contribution in [3.63, 3.8) is 0 Å². The number of hydrogen-bond donors (Lipinski definition) is 2. The third-order valence-corrected chi connectivity index (χ3v) is 11.7. The predicted molar refractivity (Wildman–Crippen MR) is 202 cm³/mol. The largest absolute Gasteiger partial charge is 0.496 e. The van der Waals surface area contributed by atoms with Gasteiger partial charge in [-0.15, -0.1) is 0 Å². The van der Waals surface area contributed by atoms with E-state index in [1.54, 1.807) is 26.6 Å². The van der Waals surface area contributed by atoms with Crippen molar-refractivity contribution in [2.75, 3.05) is 40.4 Å². The lowest BCUT2D eigenvalue weighted by molar-refractivity contribution is -0.120. The van der Waals surface area contributed by atoms with Gasteiger partial charge in [0.05, 0.1) is 35.7 Å². The maximum absolute atomic E-state index is 11.7.